The number of rotatable bonds is 13. The van der Waals surface area contributed by atoms with E-state index in [0.717, 1.165) is 32.1 Å². The van der Waals surface area contributed by atoms with Crippen LogP contribution in [-0.4, -0.2) is 48.8 Å². The maximum atomic E-state index is 10.5. The lowest BCUT2D eigenvalue weighted by Gasteiger charge is -2.29. The summed E-state index contributed by atoms with van der Waals surface area (Å²) in [5, 5.41) is 21.0. The van der Waals surface area contributed by atoms with Crippen LogP contribution >= 0.6 is 0 Å². The van der Waals surface area contributed by atoms with Gasteiger partial charge in [-0.2, -0.15) is 0 Å². The summed E-state index contributed by atoms with van der Waals surface area (Å²) >= 11 is 0. The number of methoxy groups -OCH3 is 2. The van der Waals surface area contributed by atoms with Gasteiger partial charge in [0.05, 0.1) is 24.4 Å². The van der Waals surface area contributed by atoms with Crippen LogP contribution in [0.2, 0.25) is 0 Å². The smallest absolute Gasteiger partial charge is 0.0752 e. The van der Waals surface area contributed by atoms with E-state index in [9.17, 15) is 10.2 Å². The van der Waals surface area contributed by atoms with Gasteiger partial charge in [0.1, 0.15) is 0 Å². The Bertz CT molecular complexity index is 407. The van der Waals surface area contributed by atoms with E-state index < -0.39 is 12.2 Å². The van der Waals surface area contributed by atoms with Gasteiger partial charge in [0.2, 0.25) is 0 Å². The van der Waals surface area contributed by atoms with Gasteiger partial charge in [0, 0.05) is 32.5 Å². The van der Waals surface area contributed by atoms with Gasteiger partial charge in [-0.1, -0.05) is 50.5 Å². The first-order chi connectivity index (χ1) is 12.6. The molecule has 2 N–H and O–H groups in total. The second-order valence-corrected chi connectivity index (χ2v) is 7.45. The largest absolute Gasteiger partial charge is 0.393 e. The van der Waals surface area contributed by atoms with Gasteiger partial charge < -0.3 is 19.7 Å². The molecule has 0 aromatic heterocycles. The Balaban J connectivity index is 2.73. The molecule has 0 aliphatic heterocycles. The van der Waals surface area contributed by atoms with Crippen molar-refractivity contribution in [3.8, 4) is 0 Å². The maximum absolute atomic E-state index is 10.5. The normalized spacial score (nSPS) is 29.0. The first-order valence-electron chi connectivity index (χ1n) is 10.3. The van der Waals surface area contributed by atoms with Gasteiger partial charge in [-0.05, 0) is 32.6 Å². The third kappa shape index (κ3) is 7.51. The van der Waals surface area contributed by atoms with Crippen LogP contribution in [0.15, 0.2) is 24.3 Å². The van der Waals surface area contributed by atoms with E-state index in [4.69, 9.17) is 9.47 Å². The molecule has 0 radical (unpaired) electrons. The van der Waals surface area contributed by atoms with E-state index >= 15 is 0 Å². The minimum atomic E-state index is -0.521. The van der Waals surface area contributed by atoms with Crippen LogP contribution in [0.4, 0.5) is 0 Å². The molecule has 4 heteroatoms. The fourth-order valence-corrected chi connectivity index (χ4v) is 4.04. The molecule has 6 unspecified atom stereocenters. The van der Waals surface area contributed by atoms with E-state index in [1.165, 1.54) is 12.8 Å². The Hall–Kier alpha value is -0.680. The molecule has 6 atom stereocenters. The van der Waals surface area contributed by atoms with Gasteiger partial charge in [-0.3, -0.25) is 0 Å². The molecule has 1 rings (SSSR count). The lowest BCUT2D eigenvalue weighted by atomic mass is 9.85. The zero-order chi connectivity index (χ0) is 19.4. The van der Waals surface area contributed by atoms with Crippen LogP contribution in [0.25, 0.3) is 0 Å². The van der Waals surface area contributed by atoms with Crippen molar-refractivity contribution >= 4 is 0 Å². The number of aliphatic hydroxyl groups excluding tert-OH is 2. The summed E-state index contributed by atoms with van der Waals surface area (Å²) in [7, 11) is 3.44. The lowest BCUT2D eigenvalue weighted by molar-refractivity contribution is -0.0166. The Morgan fingerprint density at radius 3 is 2.42 bits per heavy atom. The maximum Gasteiger partial charge on any atom is 0.0752 e. The molecule has 1 aliphatic rings. The molecule has 1 aliphatic carbocycles. The van der Waals surface area contributed by atoms with E-state index in [2.05, 4.69) is 31.2 Å². The van der Waals surface area contributed by atoms with Gasteiger partial charge in [0.15, 0.2) is 0 Å². The molecule has 1 saturated carbocycles. The van der Waals surface area contributed by atoms with Crippen molar-refractivity contribution in [3.63, 3.8) is 0 Å². The summed E-state index contributed by atoms with van der Waals surface area (Å²) in [6.45, 7) is 4.22. The number of allylic oxidation sites excluding steroid dienone is 2. The van der Waals surface area contributed by atoms with Crippen LogP contribution < -0.4 is 0 Å². The lowest BCUT2D eigenvalue weighted by Crippen LogP contribution is -2.34. The second kappa shape index (κ2) is 13.5. The highest BCUT2D eigenvalue weighted by atomic mass is 16.5. The highest BCUT2D eigenvalue weighted by Gasteiger charge is 2.44. The molecule has 0 spiro atoms. The van der Waals surface area contributed by atoms with Gasteiger partial charge in [-0.25, -0.2) is 0 Å². The van der Waals surface area contributed by atoms with Crippen LogP contribution in [0, 0.1) is 11.8 Å². The quantitative estimate of drug-likeness (QED) is 0.377. The summed E-state index contributed by atoms with van der Waals surface area (Å²) in [6.07, 6.45) is 15.2. The molecule has 0 saturated heterocycles. The number of aliphatic hydroxyl groups is 2. The number of unbranched alkanes of at least 4 members (excludes halogenated alkanes) is 3. The minimum Gasteiger partial charge on any atom is -0.393 e. The van der Waals surface area contributed by atoms with Crippen molar-refractivity contribution in [1.82, 2.24) is 0 Å². The first kappa shape index (κ1) is 23.4. The van der Waals surface area contributed by atoms with Crippen molar-refractivity contribution in [2.75, 3.05) is 14.2 Å². The van der Waals surface area contributed by atoms with E-state index in [1.807, 2.05) is 6.92 Å². The van der Waals surface area contributed by atoms with Crippen molar-refractivity contribution < 1.29 is 19.7 Å². The monoisotopic (exact) mass is 368 g/mol. The third-order valence-electron chi connectivity index (χ3n) is 5.59. The minimum absolute atomic E-state index is 0.0388. The standard InChI is InChI=1S/C22H40O4/c1-5-7-9-11-13-21(26-4)22-18(19(23)16-20(22)24)15-14-17(25-3)12-10-8-6-2/h5,7,14-15,17-24H,6,8-13,16H2,1-4H3. The molecule has 0 bridgehead atoms. The van der Waals surface area contributed by atoms with Crippen molar-refractivity contribution in [2.45, 2.75) is 89.6 Å². The molecule has 0 aromatic carbocycles. The Morgan fingerprint density at radius 1 is 1.04 bits per heavy atom. The zero-order valence-electron chi connectivity index (χ0n) is 17.1. The number of ether oxygens (including phenoxy) is 2. The Labute approximate surface area is 160 Å². The van der Waals surface area contributed by atoms with E-state index in [1.54, 1.807) is 14.2 Å². The van der Waals surface area contributed by atoms with Gasteiger partial charge in [-0.15, -0.1) is 0 Å². The van der Waals surface area contributed by atoms with Crippen molar-refractivity contribution in [3.05, 3.63) is 24.3 Å². The fraction of sp³-hybridized carbons (Fsp3) is 0.818. The highest BCUT2D eigenvalue weighted by Crippen LogP contribution is 2.38. The molecule has 26 heavy (non-hydrogen) atoms. The van der Waals surface area contributed by atoms with Gasteiger partial charge >= 0.3 is 0 Å². The number of hydrogen-bond acceptors (Lipinski definition) is 4. The van der Waals surface area contributed by atoms with Crippen LogP contribution in [-0.2, 0) is 9.47 Å². The average molecular weight is 369 g/mol. The first-order valence-corrected chi connectivity index (χ1v) is 10.3. The average Bonchev–Trinajstić information content (AvgIpc) is 2.91. The van der Waals surface area contributed by atoms with Crippen molar-refractivity contribution in [2.24, 2.45) is 11.8 Å². The SMILES string of the molecule is CC=CCCCC(OC)C1C(O)CC(O)C1C=CC(CCCCC)OC. The molecule has 0 heterocycles. The summed E-state index contributed by atoms with van der Waals surface area (Å²) in [4.78, 5) is 0. The third-order valence-corrected chi connectivity index (χ3v) is 5.59. The predicted molar refractivity (Wildman–Crippen MR) is 107 cm³/mol. The predicted octanol–water partition coefficient (Wildman–Crippen LogP) is 4.26. The van der Waals surface area contributed by atoms with Crippen molar-refractivity contribution in [1.29, 1.82) is 0 Å². The number of hydrogen-bond donors (Lipinski definition) is 2. The van der Waals surface area contributed by atoms with Crippen LogP contribution in [0.3, 0.4) is 0 Å². The molecular formula is C22H40O4. The summed E-state index contributed by atoms with van der Waals surface area (Å²) in [6, 6.07) is 0. The molecule has 152 valence electrons. The summed E-state index contributed by atoms with van der Waals surface area (Å²) in [5.74, 6) is -0.148. The molecule has 1 fully saturated rings. The van der Waals surface area contributed by atoms with E-state index in [-0.39, 0.29) is 24.0 Å². The summed E-state index contributed by atoms with van der Waals surface area (Å²) in [5.41, 5.74) is 0. The molecule has 0 amide bonds. The molecular weight excluding hydrogens is 328 g/mol. The van der Waals surface area contributed by atoms with Crippen LogP contribution in [0.1, 0.15) is 65.2 Å². The van der Waals surface area contributed by atoms with Gasteiger partial charge in [0.25, 0.3) is 0 Å². The molecule has 4 nitrogen and oxygen atoms in total. The topological polar surface area (TPSA) is 58.9 Å². The van der Waals surface area contributed by atoms with Crippen LogP contribution in [0.5, 0.6) is 0 Å². The second-order valence-electron chi connectivity index (χ2n) is 7.45. The highest BCUT2D eigenvalue weighted by molar-refractivity contribution is 5.06. The summed E-state index contributed by atoms with van der Waals surface area (Å²) < 4.78 is 11.3. The van der Waals surface area contributed by atoms with E-state index in [0.29, 0.717) is 6.42 Å². The Kier molecular flexibility index (Phi) is 12.1. The zero-order valence-corrected chi connectivity index (χ0v) is 17.1. The fourth-order valence-electron chi connectivity index (χ4n) is 4.04. The molecule has 0 aromatic rings. The Morgan fingerprint density at radius 2 is 1.81 bits per heavy atom.